The SMILES string of the molecule is Cc1nc(C2CCN(c3ccc(Cl)cc3F)CC2)cn1S(=O)(=O)c1ccc(S(=O)(=O)N(C)C)cc1. The summed E-state index contributed by atoms with van der Waals surface area (Å²) in [5, 5.41) is 0.345. The molecule has 1 aromatic heterocycles. The zero-order valence-electron chi connectivity index (χ0n) is 19.5. The molecule has 4 rings (SSSR count). The van der Waals surface area contributed by atoms with Gasteiger partial charge in [0.15, 0.2) is 0 Å². The van der Waals surface area contributed by atoms with Crippen molar-refractivity contribution in [3.8, 4) is 0 Å². The van der Waals surface area contributed by atoms with E-state index in [-0.39, 0.29) is 21.5 Å². The molecule has 1 aliphatic heterocycles. The number of rotatable bonds is 6. The monoisotopic (exact) mass is 540 g/mol. The van der Waals surface area contributed by atoms with E-state index in [0.717, 1.165) is 8.28 Å². The van der Waals surface area contributed by atoms with Crippen LogP contribution in [-0.4, -0.2) is 57.3 Å². The highest BCUT2D eigenvalue weighted by Gasteiger charge is 2.28. The Morgan fingerprint density at radius 3 is 2.17 bits per heavy atom. The third-order valence-electron chi connectivity index (χ3n) is 6.18. The topological polar surface area (TPSA) is 92.6 Å². The summed E-state index contributed by atoms with van der Waals surface area (Å²) in [7, 11) is -4.81. The Morgan fingerprint density at radius 2 is 1.60 bits per heavy atom. The number of aromatic nitrogens is 2. The number of piperidine rings is 1. The third kappa shape index (κ3) is 4.95. The quantitative estimate of drug-likeness (QED) is 0.471. The minimum Gasteiger partial charge on any atom is -0.369 e. The largest absolute Gasteiger partial charge is 0.369 e. The molecule has 0 bridgehead atoms. The van der Waals surface area contributed by atoms with Gasteiger partial charge in [-0.2, -0.15) is 0 Å². The van der Waals surface area contributed by atoms with E-state index in [4.69, 9.17) is 11.6 Å². The third-order valence-corrected chi connectivity index (χ3v) is 10.0. The predicted octanol–water partition coefficient (Wildman–Crippen LogP) is 3.86. The molecule has 0 aliphatic carbocycles. The Hall–Kier alpha value is -2.47. The maximum Gasteiger partial charge on any atom is 0.269 e. The second kappa shape index (κ2) is 9.53. The van der Waals surface area contributed by atoms with Gasteiger partial charge in [0.1, 0.15) is 11.6 Å². The van der Waals surface area contributed by atoms with Crippen molar-refractivity contribution in [1.82, 2.24) is 13.3 Å². The molecule has 0 atom stereocenters. The molecule has 1 saturated heterocycles. The van der Waals surface area contributed by atoms with Crippen LogP contribution in [0.3, 0.4) is 0 Å². The van der Waals surface area contributed by atoms with E-state index >= 15 is 0 Å². The highest BCUT2D eigenvalue weighted by Crippen LogP contribution is 2.32. The summed E-state index contributed by atoms with van der Waals surface area (Å²) in [5.74, 6) is -0.0212. The first-order chi connectivity index (χ1) is 16.4. The molecule has 2 aromatic carbocycles. The van der Waals surface area contributed by atoms with Crippen molar-refractivity contribution >= 4 is 37.3 Å². The van der Waals surface area contributed by atoms with Crippen molar-refractivity contribution in [3.05, 3.63) is 71.0 Å². The first-order valence-electron chi connectivity index (χ1n) is 11.0. The number of hydrogen-bond donors (Lipinski definition) is 0. The van der Waals surface area contributed by atoms with E-state index in [2.05, 4.69) is 4.98 Å². The van der Waals surface area contributed by atoms with Crippen LogP contribution in [0, 0.1) is 12.7 Å². The molecule has 0 spiro atoms. The van der Waals surface area contributed by atoms with Crippen molar-refractivity contribution < 1.29 is 21.2 Å². The zero-order valence-corrected chi connectivity index (χ0v) is 21.9. The summed E-state index contributed by atoms with van der Waals surface area (Å²) in [4.78, 5) is 6.43. The first-order valence-corrected chi connectivity index (χ1v) is 14.2. The van der Waals surface area contributed by atoms with Gasteiger partial charge in [-0.15, -0.1) is 0 Å². The van der Waals surface area contributed by atoms with Crippen LogP contribution in [0.15, 0.2) is 58.5 Å². The standard InChI is InChI=1S/C23H26ClFN4O4S2/c1-16-26-22(17-10-12-28(13-11-17)23-9-4-18(24)14-21(23)25)15-29(16)35(32,33)20-7-5-19(6-8-20)34(30,31)27(2)3/h4-9,14-15,17H,10-13H2,1-3H3. The fraction of sp³-hybridized carbons (Fsp3) is 0.348. The van der Waals surface area contributed by atoms with Gasteiger partial charge in [0.05, 0.1) is 21.2 Å². The highest BCUT2D eigenvalue weighted by molar-refractivity contribution is 7.90. The number of anilines is 1. The maximum atomic E-state index is 14.3. The lowest BCUT2D eigenvalue weighted by Gasteiger charge is -2.33. The van der Waals surface area contributed by atoms with Crippen molar-refractivity contribution in [3.63, 3.8) is 0 Å². The number of halogens is 2. The molecule has 0 N–H and O–H groups in total. The van der Waals surface area contributed by atoms with Crippen molar-refractivity contribution in [2.24, 2.45) is 0 Å². The van der Waals surface area contributed by atoms with Crippen LogP contribution in [-0.2, 0) is 20.0 Å². The molecule has 3 aromatic rings. The first kappa shape index (κ1) is 25.6. The molecule has 12 heteroatoms. The van der Waals surface area contributed by atoms with Crippen molar-refractivity contribution in [2.75, 3.05) is 32.1 Å². The average Bonchev–Trinajstić information content (AvgIpc) is 3.21. The van der Waals surface area contributed by atoms with E-state index in [0.29, 0.717) is 48.2 Å². The van der Waals surface area contributed by atoms with Gasteiger partial charge in [0.2, 0.25) is 10.0 Å². The summed E-state index contributed by atoms with van der Waals surface area (Å²) in [5.41, 5.74) is 1.16. The number of sulfonamides is 1. The number of imidazole rings is 1. The molecule has 0 unspecified atom stereocenters. The molecule has 35 heavy (non-hydrogen) atoms. The fourth-order valence-corrected chi connectivity index (χ4v) is 6.58. The molecular weight excluding hydrogens is 515 g/mol. The Balaban J connectivity index is 1.52. The predicted molar refractivity (Wildman–Crippen MR) is 132 cm³/mol. The van der Waals surface area contributed by atoms with Crippen LogP contribution in [0.4, 0.5) is 10.1 Å². The molecule has 0 amide bonds. The van der Waals surface area contributed by atoms with Crippen molar-refractivity contribution in [2.45, 2.75) is 35.5 Å². The van der Waals surface area contributed by atoms with E-state index in [1.54, 1.807) is 19.1 Å². The summed E-state index contributed by atoms with van der Waals surface area (Å²) >= 11 is 5.85. The minimum absolute atomic E-state index is 0.00776. The molecule has 0 saturated carbocycles. The number of aryl methyl sites for hydroxylation is 1. The summed E-state index contributed by atoms with van der Waals surface area (Å²) in [6.45, 7) is 2.82. The molecule has 8 nitrogen and oxygen atoms in total. The van der Waals surface area contributed by atoms with Gasteiger partial charge < -0.3 is 4.90 Å². The van der Waals surface area contributed by atoms with Crippen LogP contribution >= 0.6 is 11.6 Å². The smallest absolute Gasteiger partial charge is 0.269 e. The summed E-state index contributed by atoms with van der Waals surface area (Å²) in [6.07, 6.45) is 2.91. The molecular formula is C23H26ClFN4O4S2. The van der Waals surface area contributed by atoms with E-state index in [9.17, 15) is 21.2 Å². The van der Waals surface area contributed by atoms with Crippen molar-refractivity contribution in [1.29, 1.82) is 0 Å². The molecule has 2 heterocycles. The number of nitrogens with zero attached hydrogens (tertiary/aromatic N) is 4. The maximum absolute atomic E-state index is 14.3. The van der Waals surface area contributed by atoms with Gasteiger partial charge >= 0.3 is 0 Å². The second-order valence-corrected chi connectivity index (χ2v) is 13.0. The lowest BCUT2D eigenvalue weighted by molar-refractivity contribution is 0.490. The second-order valence-electron chi connectivity index (χ2n) is 8.63. The Labute approximate surface area is 210 Å². The van der Waals surface area contributed by atoms with Gasteiger partial charge in [-0.05, 0) is 62.2 Å². The van der Waals surface area contributed by atoms with Gasteiger partial charge in [0, 0.05) is 44.3 Å². The van der Waals surface area contributed by atoms with Gasteiger partial charge in [-0.25, -0.2) is 34.5 Å². The van der Waals surface area contributed by atoms with Crippen LogP contribution in [0.5, 0.6) is 0 Å². The highest BCUT2D eigenvalue weighted by atomic mass is 35.5. The van der Waals surface area contributed by atoms with Crippen LogP contribution in [0.25, 0.3) is 0 Å². The Kier molecular flexibility index (Phi) is 6.98. The lowest BCUT2D eigenvalue weighted by atomic mass is 9.93. The lowest BCUT2D eigenvalue weighted by Crippen LogP contribution is -2.33. The number of benzene rings is 2. The van der Waals surface area contributed by atoms with E-state index in [1.165, 1.54) is 50.6 Å². The van der Waals surface area contributed by atoms with Gasteiger partial charge in [-0.3, -0.25) is 0 Å². The zero-order chi connectivity index (χ0) is 25.5. The van der Waals surface area contributed by atoms with Crippen LogP contribution in [0.2, 0.25) is 5.02 Å². The van der Waals surface area contributed by atoms with Crippen LogP contribution in [0.1, 0.15) is 30.3 Å². The van der Waals surface area contributed by atoms with Gasteiger partial charge in [0.25, 0.3) is 10.0 Å². The van der Waals surface area contributed by atoms with E-state index < -0.39 is 20.0 Å². The van der Waals surface area contributed by atoms with Gasteiger partial charge in [-0.1, -0.05) is 11.6 Å². The fourth-order valence-electron chi connectivity index (χ4n) is 4.18. The molecule has 1 aliphatic rings. The molecule has 0 radical (unpaired) electrons. The Bertz CT molecular complexity index is 1450. The van der Waals surface area contributed by atoms with Crippen LogP contribution < -0.4 is 4.90 Å². The normalized spacial score (nSPS) is 15.7. The number of hydrogen-bond acceptors (Lipinski definition) is 6. The average molecular weight is 541 g/mol. The Morgan fingerprint density at radius 1 is 1.00 bits per heavy atom. The molecule has 188 valence electrons. The minimum atomic E-state index is -3.96. The summed E-state index contributed by atoms with van der Waals surface area (Å²) < 4.78 is 67.5. The summed E-state index contributed by atoms with van der Waals surface area (Å²) in [6, 6.07) is 9.74. The molecule has 1 fully saturated rings. The van der Waals surface area contributed by atoms with E-state index in [1.807, 2.05) is 4.90 Å².